The molecule has 2 rings (SSSR count). The van der Waals surface area contributed by atoms with Crippen LogP contribution in [0.2, 0.25) is 0 Å². The average Bonchev–Trinajstić information content (AvgIpc) is 2.34. The molecule has 0 fully saturated rings. The Hall–Kier alpha value is -1.31. The number of unbranched alkanes of at least 4 members (excludes halogenated alkanes) is 1. The van der Waals surface area contributed by atoms with E-state index in [1.54, 1.807) is 6.92 Å². The molecule has 1 aromatic carbocycles. The van der Waals surface area contributed by atoms with Crippen molar-refractivity contribution in [3.05, 3.63) is 29.8 Å². The van der Waals surface area contributed by atoms with E-state index in [-0.39, 0.29) is 0 Å². The van der Waals surface area contributed by atoms with E-state index >= 15 is 0 Å². The van der Waals surface area contributed by atoms with Gasteiger partial charge < -0.3 is 9.69 Å². The van der Waals surface area contributed by atoms with E-state index in [4.69, 9.17) is 0 Å². The number of para-hydroxylation sites is 1. The molecular weight excluding hydrogens is 210 g/mol. The lowest BCUT2D eigenvalue weighted by Gasteiger charge is -2.31. The minimum absolute atomic E-state index is 0.309. The van der Waals surface area contributed by atoms with E-state index in [9.17, 15) is 4.79 Å². The van der Waals surface area contributed by atoms with Crippen LogP contribution in [0.1, 0.15) is 38.2 Å². The topological polar surface area (TPSA) is 20.3 Å². The third kappa shape index (κ3) is 3.32. The minimum Gasteiger partial charge on any atom is -0.371 e. The van der Waals surface area contributed by atoms with Crippen molar-refractivity contribution in [2.24, 2.45) is 0 Å². The number of carbonyl (C=O) groups is 1. The highest BCUT2D eigenvalue weighted by Crippen LogP contribution is 2.26. The molecule has 0 radical (unpaired) electrons. The highest BCUT2D eigenvalue weighted by atomic mass is 16.1. The van der Waals surface area contributed by atoms with Crippen molar-refractivity contribution in [1.29, 1.82) is 0 Å². The summed E-state index contributed by atoms with van der Waals surface area (Å²) >= 11 is 0. The average molecular weight is 231 g/mol. The van der Waals surface area contributed by atoms with Crippen LogP contribution in [-0.2, 0) is 11.2 Å². The summed E-state index contributed by atoms with van der Waals surface area (Å²) in [6.07, 6.45) is 5.33. The van der Waals surface area contributed by atoms with E-state index in [1.165, 1.54) is 24.1 Å². The molecule has 1 aromatic rings. The molecule has 0 bridgehead atoms. The summed E-state index contributed by atoms with van der Waals surface area (Å²) in [6.45, 7) is 3.93. The van der Waals surface area contributed by atoms with Gasteiger partial charge in [0.25, 0.3) is 0 Å². The minimum atomic E-state index is 0.309. The molecule has 0 saturated heterocycles. The Morgan fingerprint density at radius 3 is 2.94 bits per heavy atom. The predicted molar refractivity (Wildman–Crippen MR) is 71.5 cm³/mol. The van der Waals surface area contributed by atoms with Crippen molar-refractivity contribution in [1.82, 2.24) is 0 Å². The largest absolute Gasteiger partial charge is 0.371 e. The first kappa shape index (κ1) is 12.2. The first-order chi connectivity index (χ1) is 8.27. The summed E-state index contributed by atoms with van der Waals surface area (Å²) in [5, 5.41) is 0. The van der Waals surface area contributed by atoms with E-state index in [0.717, 1.165) is 32.4 Å². The summed E-state index contributed by atoms with van der Waals surface area (Å²) in [5.74, 6) is 0.309. The van der Waals surface area contributed by atoms with Crippen molar-refractivity contribution >= 4 is 11.5 Å². The van der Waals surface area contributed by atoms with Crippen LogP contribution in [0.5, 0.6) is 0 Å². The maximum Gasteiger partial charge on any atom is 0.129 e. The summed E-state index contributed by atoms with van der Waals surface area (Å²) in [7, 11) is 0. The van der Waals surface area contributed by atoms with E-state index in [0.29, 0.717) is 5.78 Å². The molecule has 2 nitrogen and oxygen atoms in total. The second kappa shape index (κ2) is 5.85. The van der Waals surface area contributed by atoms with Gasteiger partial charge in [0, 0.05) is 25.2 Å². The fourth-order valence-corrected chi connectivity index (χ4v) is 2.52. The zero-order valence-corrected chi connectivity index (χ0v) is 10.6. The van der Waals surface area contributed by atoms with Gasteiger partial charge in [0.05, 0.1) is 0 Å². The van der Waals surface area contributed by atoms with Crippen LogP contribution in [0.25, 0.3) is 0 Å². The number of fused-ring (bicyclic) bond motifs is 1. The Morgan fingerprint density at radius 2 is 2.12 bits per heavy atom. The Morgan fingerprint density at radius 1 is 1.29 bits per heavy atom. The zero-order valence-electron chi connectivity index (χ0n) is 10.6. The zero-order chi connectivity index (χ0) is 12.1. The second-order valence-electron chi connectivity index (χ2n) is 4.88. The number of hydrogen-bond donors (Lipinski definition) is 0. The van der Waals surface area contributed by atoms with Gasteiger partial charge in [-0.3, -0.25) is 0 Å². The molecule has 0 saturated carbocycles. The second-order valence-corrected chi connectivity index (χ2v) is 4.88. The highest BCUT2D eigenvalue weighted by molar-refractivity contribution is 5.75. The van der Waals surface area contributed by atoms with Crippen LogP contribution >= 0.6 is 0 Å². The number of benzene rings is 1. The van der Waals surface area contributed by atoms with Gasteiger partial charge in [-0.25, -0.2) is 0 Å². The van der Waals surface area contributed by atoms with Gasteiger partial charge in [-0.15, -0.1) is 0 Å². The molecule has 0 aliphatic carbocycles. The lowest BCUT2D eigenvalue weighted by atomic mass is 10.0. The van der Waals surface area contributed by atoms with Crippen molar-refractivity contribution in [3.8, 4) is 0 Å². The van der Waals surface area contributed by atoms with Crippen LogP contribution in [0, 0.1) is 0 Å². The van der Waals surface area contributed by atoms with Crippen molar-refractivity contribution in [2.45, 2.75) is 39.0 Å². The first-order valence-corrected chi connectivity index (χ1v) is 6.59. The maximum absolute atomic E-state index is 10.9. The molecule has 0 spiro atoms. The number of nitrogens with zero attached hydrogens (tertiary/aromatic N) is 1. The summed E-state index contributed by atoms with van der Waals surface area (Å²) < 4.78 is 0. The van der Waals surface area contributed by atoms with E-state index in [1.807, 2.05) is 0 Å². The maximum atomic E-state index is 10.9. The van der Waals surface area contributed by atoms with Crippen molar-refractivity contribution < 1.29 is 4.79 Å². The third-order valence-corrected chi connectivity index (χ3v) is 3.41. The van der Waals surface area contributed by atoms with E-state index < -0.39 is 0 Å². The number of rotatable bonds is 5. The van der Waals surface area contributed by atoms with E-state index in [2.05, 4.69) is 29.2 Å². The fourth-order valence-electron chi connectivity index (χ4n) is 2.52. The smallest absolute Gasteiger partial charge is 0.129 e. The molecule has 0 aromatic heterocycles. The van der Waals surface area contributed by atoms with Crippen LogP contribution < -0.4 is 4.90 Å². The number of carbonyl (C=O) groups excluding carboxylic acids is 1. The molecule has 2 heteroatoms. The number of hydrogen-bond acceptors (Lipinski definition) is 2. The van der Waals surface area contributed by atoms with Crippen molar-refractivity contribution in [2.75, 3.05) is 18.0 Å². The van der Waals surface area contributed by atoms with Gasteiger partial charge in [0.1, 0.15) is 5.78 Å². The van der Waals surface area contributed by atoms with Crippen LogP contribution in [-0.4, -0.2) is 18.9 Å². The van der Waals surface area contributed by atoms with Crippen LogP contribution in [0.15, 0.2) is 24.3 Å². The van der Waals surface area contributed by atoms with Gasteiger partial charge in [-0.2, -0.15) is 0 Å². The van der Waals surface area contributed by atoms with Gasteiger partial charge in [-0.05, 0) is 44.2 Å². The quantitative estimate of drug-likeness (QED) is 0.725. The predicted octanol–water partition coefficient (Wildman–Crippen LogP) is 3.20. The molecule has 1 aliphatic heterocycles. The van der Waals surface area contributed by atoms with Gasteiger partial charge >= 0.3 is 0 Å². The first-order valence-electron chi connectivity index (χ1n) is 6.59. The molecule has 0 atom stereocenters. The van der Waals surface area contributed by atoms with Crippen LogP contribution in [0.4, 0.5) is 5.69 Å². The summed E-state index contributed by atoms with van der Waals surface area (Å²) in [5.41, 5.74) is 2.88. The van der Waals surface area contributed by atoms with Gasteiger partial charge in [0.2, 0.25) is 0 Å². The standard InChI is InChI=1S/C15H21NO/c1-13(17)7-4-5-11-16-12-6-9-14-8-2-3-10-15(14)16/h2-3,8,10H,4-7,9,11-12H2,1H3. The Balaban J connectivity index is 1.88. The number of ketones is 1. The lowest BCUT2D eigenvalue weighted by molar-refractivity contribution is -0.117. The van der Waals surface area contributed by atoms with Gasteiger partial charge in [-0.1, -0.05) is 18.2 Å². The Labute approximate surface area is 104 Å². The SMILES string of the molecule is CC(=O)CCCCN1CCCc2ccccc21. The fraction of sp³-hybridized carbons (Fsp3) is 0.533. The molecule has 1 heterocycles. The molecule has 0 N–H and O–H groups in total. The molecular formula is C15H21NO. The Kier molecular flexibility index (Phi) is 4.18. The molecule has 17 heavy (non-hydrogen) atoms. The normalized spacial score (nSPS) is 14.5. The molecule has 0 amide bonds. The lowest BCUT2D eigenvalue weighted by Crippen LogP contribution is -2.30. The van der Waals surface area contributed by atoms with Crippen LogP contribution in [0.3, 0.4) is 0 Å². The third-order valence-electron chi connectivity index (χ3n) is 3.41. The number of anilines is 1. The Bertz CT molecular complexity index is 386. The molecule has 92 valence electrons. The van der Waals surface area contributed by atoms with Gasteiger partial charge in [0.15, 0.2) is 0 Å². The highest BCUT2D eigenvalue weighted by Gasteiger charge is 2.15. The number of aryl methyl sites for hydroxylation is 1. The molecule has 0 unspecified atom stereocenters. The number of Topliss-reactive ketones (excluding diaryl/α,β-unsaturated/α-hetero) is 1. The monoisotopic (exact) mass is 231 g/mol. The summed E-state index contributed by atoms with van der Waals surface area (Å²) in [4.78, 5) is 13.4. The molecule has 1 aliphatic rings. The van der Waals surface area contributed by atoms with Crippen molar-refractivity contribution in [3.63, 3.8) is 0 Å². The summed E-state index contributed by atoms with van der Waals surface area (Å²) in [6, 6.07) is 8.70.